The summed E-state index contributed by atoms with van der Waals surface area (Å²) in [5.41, 5.74) is 2.03. The first kappa shape index (κ1) is 19.7. The van der Waals surface area contributed by atoms with Crippen LogP contribution in [0, 0.1) is 5.92 Å². The Morgan fingerprint density at radius 3 is 2.81 bits per heavy atom. The highest BCUT2D eigenvalue weighted by atomic mass is 32.2. The van der Waals surface area contributed by atoms with Gasteiger partial charge in [-0.2, -0.15) is 0 Å². The van der Waals surface area contributed by atoms with Gasteiger partial charge in [-0.15, -0.1) is 10.2 Å². The van der Waals surface area contributed by atoms with Crippen LogP contribution in [0.25, 0.3) is 0 Å². The summed E-state index contributed by atoms with van der Waals surface area (Å²) in [6.07, 6.45) is 2.46. The van der Waals surface area contributed by atoms with Gasteiger partial charge in [0.1, 0.15) is 5.75 Å². The average Bonchev–Trinajstić information content (AvgIpc) is 3.10. The molecule has 146 valence electrons. The molecule has 27 heavy (non-hydrogen) atoms. The Morgan fingerprint density at radius 1 is 1.33 bits per heavy atom. The normalized spacial score (nSPS) is 16.8. The molecule has 0 saturated heterocycles. The molecule has 1 aliphatic carbocycles. The number of aryl methyl sites for hydroxylation is 1. The first-order chi connectivity index (χ1) is 12.8. The molecular formula is C17H22N4O4S2. The van der Waals surface area contributed by atoms with E-state index in [4.69, 9.17) is 4.74 Å². The van der Waals surface area contributed by atoms with Gasteiger partial charge in [-0.3, -0.25) is 4.79 Å². The maximum atomic E-state index is 12.7. The molecule has 1 aromatic heterocycles. The van der Waals surface area contributed by atoms with Crippen LogP contribution in [0.2, 0.25) is 0 Å². The number of anilines is 1. The van der Waals surface area contributed by atoms with E-state index >= 15 is 0 Å². The van der Waals surface area contributed by atoms with E-state index in [-0.39, 0.29) is 27.3 Å². The quantitative estimate of drug-likeness (QED) is 0.708. The summed E-state index contributed by atoms with van der Waals surface area (Å²) in [5, 5.41) is 10.2. The number of rotatable bonds is 6. The highest BCUT2D eigenvalue weighted by Gasteiger charge is 2.28. The summed E-state index contributed by atoms with van der Waals surface area (Å²) in [6.45, 7) is 3.48. The number of carbonyl (C=O) groups excluding carboxylic acids is 1. The van der Waals surface area contributed by atoms with Crippen LogP contribution in [0.1, 0.15) is 43.9 Å². The number of nitrogens with zero attached hydrogens (tertiary/aromatic N) is 2. The number of sulfonamides is 1. The molecule has 3 rings (SSSR count). The zero-order chi connectivity index (χ0) is 19.6. The van der Waals surface area contributed by atoms with Gasteiger partial charge in [-0.05, 0) is 42.5 Å². The van der Waals surface area contributed by atoms with Crippen LogP contribution in [0.5, 0.6) is 5.75 Å². The summed E-state index contributed by atoms with van der Waals surface area (Å²) >= 11 is 0.837. The molecule has 2 aromatic rings. The number of aromatic nitrogens is 2. The molecule has 0 bridgehead atoms. The van der Waals surface area contributed by atoms with Crippen molar-refractivity contribution >= 4 is 32.4 Å². The van der Waals surface area contributed by atoms with Crippen molar-refractivity contribution < 1.29 is 17.9 Å². The minimum absolute atomic E-state index is 0.165. The summed E-state index contributed by atoms with van der Waals surface area (Å²) in [5.74, 6) is 0.285. The number of carbonyl (C=O) groups is 1. The smallest absolute Gasteiger partial charge is 0.270 e. The van der Waals surface area contributed by atoms with Crippen molar-refractivity contribution in [1.29, 1.82) is 0 Å². The average molecular weight is 411 g/mol. The summed E-state index contributed by atoms with van der Waals surface area (Å²) in [4.78, 5) is 11.7. The van der Waals surface area contributed by atoms with E-state index in [0.29, 0.717) is 6.42 Å². The molecule has 1 unspecified atom stereocenters. The first-order valence-electron chi connectivity index (χ1n) is 8.63. The third kappa shape index (κ3) is 4.45. The van der Waals surface area contributed by atoms with Gasteiger partial charge in [0, 0.05) is 12.0 Å². The zero-order valence-corrected chi connectivity index (χ0v) is 17.0. The van der Waals surface area contributed by atoms with Gasteiger partial charge in [0.15, 0.2) is 0 Å². The predicted molar refractivity (Wildman–Crippen MR) is 102 cm³/mol. The fourth-order valence-corrected chi connectivity index (χ4v) is 5.07. The van der Waals surface area contributed by atoms with E-state index in [0.717, 1.165) is 41.1 Å². The molecule has 0 saturated carbocycles. The topological polar surface area (TPSA) is 110 Å². The minimum atomic E-state index is -3.84. The molecule has 10 heteroatoms. The molecule has 8 nitrogen and oxygen atoms in total. The van der Waals surface area contributed by atoms with Gasteiger partial charge >= 0.3 is 0 Å². The molecule has 0 aliphatic heterocycles. The van der Waals surface area contributed by atoms with Gasteiger partial charge in [0.2, 0.25) is 15.4 Å². The molecule has 2 N–H and O–H groups in total. The monoisotopic (exact) mass is 410 g/mol. The van der Waals surface area contributed by atoms with E-state index in [9.17, 15) is 13.2 Å². The lowest BCUT2D eigenvalue weighted by atomic mass is 9.88. The van der Waals surface area contributed by atoms with Gasteiger partial charge in [-0.25, -0.2) is 13.1 Å². The van der Waals surface area contributed by atoms with Gasteiger partial charge in [0.05, 0.1) is 7.11 Å². The second-order valence-electron chi connectivity index (χ2n) is 6.65. The standard InChI is InChI=1S/C17H22N4O4S2/c1-10(2)15(22)18-16-19-20-17(26-16)27(23,24)21-14-6-4-5-11-9-12(25-3)7-8-13(11)14/h7-10,14,21H,4-6H2,1-3H3,(H,18,19,22). The van der Waals surface area contributed by atoms with Crippen molar-refractivity contribution in [3.63, 3.8) is 0 Å². The Hall–Kier alpha value is -2.04. The lowest BCUT2D eigenvalue weighted by Crippen LogP contribution is -2.31. The Labute approximate surface area is 162 Å². The summed E-state index contributed by atoms with van der Waals surface area (Å²) in [7, 11) is -2.23. The molecule has 0 radical (unpaired) electrons. The number of amides is 1. The molecule has 1 amide bonds. The highest BCUT2D eigenvalue weighted by molar-refractivity contribution is 7.91. The second-order valence-corrected chi connectivity index (χ2v) is 9.51. The van der Waals surface area contributed by atoms with Crippen LogP contribution >= 0.6 is 11.3 Å². The van der Waals surface area contributed by atoms with Gasteiger partial charge in [0.25, 0.3) is 10.0 Å². The van der Waals surface area contributed by atoms with Crippen LogP contribution in [0.15, 0.2) is 22.5 Å². The molecule has 1 heterocycles. The largest absolute Gasteiger partial charge is 0.497 e. The maximum Gasteiger partial charge on any atom is 0.270 e. The van der Waals surface area contributed by atoms with E-state index < -0.39 is 10.0 Å². The Kier molecular flexibility index (Phi) is 5.78. The van der Waals surface area contributed by atoms with E-state index in [1.54, 1.807) is 21.0 Å². The molecule has 0 spiro atoms. The highest BCUT2D eigenvalue weighted by Crippen LogP contribution is 2.33. The van der Waals surface area contributed by atoms with Crippen molar-refractivity contribution in [1.82, 2.24) is 14.9 Å². The van der Waals surface area contributed by atoms with Crippen molar-refractivity contribution in [2.24, 2.45) is 5.92 Å². The molecule has 1 aromatic carbocycles. The number of benzene rings is 1. The van der Waals surface area contributed by atoms with E-state index in [1.165, 1.54) is 0 Å². The van der Waals surface area contributed by atoms with Crippen LogP contribution in [0.3, 0.4) is 0 Å². The number of methoxy groups -OCH3 is 1. The number of fused-ring (bicyclic) bond motifs is 1. The second kappa shape index (κ2) is 7.91. The summed E-state index contributed by atoms with van der Waals surface area (Å²) < 4.78 is 33.3. The van der Waals surface area contributed by atoms with Crippen LogP contribution < -0.4 is 14.8 Å². The van der Waals surface area contributed by atoms with Crippen molar-refractivity contribution in [3.8, 4) is 5.75 Å². The lowest BCUT2D eigenvalue weighted by Gasteiger charge is -2.26. The molecule has 1 atom stereocenters. The molecular weight excluding hydrogens is 388 g/mol. The summed E-state index contributed by atoms with van der Waals surface area (Å²) in [6, 6.07) is 5.34. The van der Waals surface area contributed by atoms with Gasteiger partial charge < -0.3 is 10.1 Å². The lowest BCUT2D eigenvalue weighted by molar-refractivity contribution is -0.118. The predicted octanol–water partition coefficient (Wildman–Crippen LogP) is 2.50. The molecule has 0 fully saturated rings. The van der Waals surface area contributed by atoms with E-state index in [1.807, 2.05) is 18.2 Å². The fourth-order valence-electron chi connectivity index (χ4n) is 2.90. The third-order valence-electron chi connectivity index (χ3n) is 4.35. The Bertz CT molecular complexity index is 940. The minimum Gasteiger partial charge on any atom is -0.497 e. The number of hydrogen-bond donors (Lipinski definition) is 2. The Morgan fingerprint density at radius 2 is 2.11 bits per heavy atom. The number of nitrogens with one attached hydrogen (secondary N) is 2. The number of hydrogen-bond acceptors (Lipinski definition) is 7. The maximum absolute atomic E-state index is 12.7. The first-order valence-corrected chi connectivity index (χ1v) is 10.9. The van der Waals surface area contributed by atoms with Crippen LogP contribution in [-0.4, -0.2) is 31.6 Å². The fraction of sp³-hybridized carbons (Fsp3) is 0.471. The van der Waals surface area contributed by atoms with Crippen LogP contribution in [-0.2, 0) is 21.2 Å². The van der Waals surface area contributed by atoms with Crippen molar-refractivity contribution in [2.75, 3.05) is 12.4 Å². The SMILES string of the molecule is COc1ccc2c(c1)CCCC2NS(=O)(=O)c1nnc(NC(=O)C(C)C)s1. The zero-order valence-electron chi connectivity index (χ0n) is 15.4. The van der Waals surface area contributed by atoms with E-state index in [2.05, 4.69) is 20.2 Å². The number of ether oxygens (including phenoxy) is 1. The van der Waals surface area contributed by atoms with Crippen molar-refractivity contribution in [3.05, 3.63) is 29.3 Å². The van der Waals surface area contributed by atoms with Gasteiger partial charge in [-0.1, -0.05) is 31.3 Å². The molecule has 1 aliphatic rings. The van der Waals surface area contributed by atoms with Crippen molar-refractivity contribution in [2.45, 2.75) is 43.5 Å². The Balaban J connectivity index is 1.78. The third-order valence-corrected chi connectivity index (χ3v) is 7.03. The van der Waals surface area contributed by atoms with Crippen LogP contribution in [0.4, 0.5) is 5.13 Å².